The lowest BCUT2D eigenvalue weighted by Crippen LogP contribution is -2.36. The van der Waals surface area contributed by atoms with Gasteiger partial charge in [0.25, 0.3) is 0 Å². The van der Waals surface area contributed by atoms with E-state index in [1.165, 1.54) is 0 Å². The third-order valence-corrected chi connectivity index (χ3v) is 4.19. The number of carbonyl (C=O) groups excluding carboxylic acids is 1. The molecule has 2 rings (SSSR count). The first-order valence-electron chi connectivity index (χ1n) is 8.15. The van der Waals surface area contributed by atoms with Crippen molar-refractivity contribution in [2.45, 2.75) is 39.3 Å². The number of hydrogen-bond donors (Lipinski definition) is 2. The highest BCUT2D eigenvalue weighted by Gasteiger charge is 2.21. The minimum atomic E-state index is -0.273. The maximum Gasteiger partial charge on any atom is 0.224 e. The summed E-state index contributed by atoms with van der Waals surface area (Å²) in [5.74, 6) is 0.796. The third kappa shape index (κ3) is 7.06. The highest BCUT2D eigenvalue weighted by atomic mass is 35.5. The largest absolute Gasteiger partial charge is 0.356 e. The van der Waals surface area contributed by atoms with Gasteiger partial charge in [-0.3, -0.25) is 4.79 Å². The second-order valence-electron chi connectivity index (χ2n) is 5.89. The quantitative estimate of drug-likeness (QED) is 0.683. The minimum absolute atomic E-state index is 0. The van der Waals surface area contributed by atoms with Crippen LogP contribution in [0.5, 0.6) is 0 Å². The number of nitrogens with one attached hydrogen (secondary N) is 1. The molecule has 0 aliphatic carbocycles. The van der Waals surface area contributed by atoms with Gasteiger partial charge in [-0.1, -0.05) is 37.3 Å². The number of nitrogens with two attached hydrogens (primary N) is 1. The number of nitrogens with zero attached hydrogens (tertiary/aromatic N) is 2. The zero-order valence-electron chi connectivity index (χ0n) is 14.7. The van der Waals surface area contributed by atoms with E-state index in [4.69, 9.17) is 5.73 Å². The fourth-order valence-electron chi connectivity index (χ4n) is 2.55. The zero-order chi connectivity index (χ0) is 16.7. The molecular weight excluding hydrogens is 359 g/mol. The normalized spacial score (nSPS) is 12.4. The first-order valence-corrected chi connectivity index (χ1v) is 8.15. The van der Waals surface area contributed by atoms with Gasteiger partial charge in [-0.25, -0.2) is 4.98 Å². The second kappa shape index (κ2) is 11.9. The summed E-state index contributed by atoms with van der Waals surface area (Å²) in [5.41, 5.74) is 7.17. The number of aryl methyl sites for hydroxylation is 2. The van der Waals surface area contributed by atoms with E-state index in [-0.39, 0.29) is 42.7 Å². The van der Waals surface area contributed by atoms with Crippen LogP contribution in [0, 0.1) is 12.8 Å². The molecule has 0 saturated carbocycles. The van der Waals surface area contributed by atoms with E-state index in [0.717, 1.165) is 30.8 Å². The molecule has 25 heavy (non-hydrogen) atoms. The van der Waals surface area contributed by atoms with Gasteiger partial charge in [0.2, 0.25) is 5.91 Å². The number of imidazole rings is 1. The SMILES string of the molecule is Cc1nccn1CCCCNC(=O)C(C)C(N)c1ccccc1.Cl.Cl. The molecule has 1 amide bonds. The third-order valence-electron chi connectivity index (χ3n) is 4.19. The smallest absolute Gasteiger partial charge is 0.224 e. The lowest BCUT2D eigenvalue weighted by Gasteiger charge is -2.19. The number of aromatic nitrogens is 2. The first-order chi connectivity index (χ1) is 11.1. The Labute approximate surface area is 162 Å². The number of amides is 1. The zero-order valence-corrected chi connectivity index (χ0v) is 16.4. The first kappa shape index (κ1) is 23.4. The van der Waals surface area contributed by atoms with Gasteiger partial charge in [-0.15, -0.1) is 24.8 Å². The van der Waals surface area contributed by atoms with Crippen LogP contribution in [0.3, 0.4) is 0 Å². The fraction of sp³-hybridized carbons (Fsp3) is 0.444. The van der Waals surface area contributed by atoms with E-state index >= 15 is 0 Å². The van der Waals surface area contributed by atoms with Crippen LogP contribution < -0.4 is 11.1 Å². The van der Waals surface area contributed by atoms with Crippen molar-refractivity contribution < 1.29 is 4.79 Å². The van der Waals surface area contributed by atoms with E-state index < -0.39 is 0 Å². The standard InChI is InChI=1S/C18H26N4O.2ClH/c1-14(17(19)16-8-4-3-5-9-16)18(23)21-10-6-7-12-22-13-11-20-15(22)2;;/h3-5,8-9,11,13-14,17H,6-7,10,12,19H2,1-2H3,(H,21,23);2*1H. The lowest BCUT2D eigenvalue weighted by molar-refractivity contribution is -0.125. The molecule has 1 aromatic heterocycles. The number of carbonyl (C=O) groups is 1. The summed E-state index contributed by atoms with van der Waals surface area (Å²) in [6.45, 7) is 5.48. The number of rotatable bonds is 8. The van der Waals surface area contributed by atoms with Gasteiger partial charge in [0, 0.05) is 31.5 Å². The molecule has 7 heteroatoms. The van der Waals surface area contributed by atoms with Crippen molar-refractivity contribution in [1.29, 1.82) is 0 Å². The molecule has 1 heterocycles. The molecular formula is C18H28Cl2N4O. The van der Waals surface area contributed by atoms with Crippen LogP contribution in [0.4, 0.5) is 0 Å². The molecule has 0 bridgehead atoms. The molecule has 0 spiro atoms. The predicted octanol–water partition coefficient (Wildman–Crippen LogP) is 3.27. The van der Waals surface area contributed by atoms with E-state index in [1.807, 2.05) is 56.6 Å². The van der Waals surface area contributed by atoms with E-state index in [0.29, 0.717) is 6.54 Å². The van der Waals surface area contributed by atoms with Crippen LogP contribution in [0.2, 0.25) is 0 Å². The van der Waals surface area contributed by atoms with Crippen molar-refractivity contribution in [3.8, 4) is 0 Å². The molecule has 3 N–H and O–H groups in total. The molecule has 1 aromatic carbocycles. The summed E-state index contributed by atoms with van der Waals surface area (Å²) in [7, 11) is 0. The van der Waals surface area contributed by atoms with Gasteiger partial charge >= 0.3 is 0 Å². The van der Waals surface area contributed by atoms with Crippen LogP contribution in [0.15, 0.2) is 42.7 Å². The monoisotopic (exact) mass is 386 g/mol. The number of halogens is 2. The van der Waals surface area contributed by atoms with Crippen molar-refractivity contribution >= 4 is 30.7 Å². The Balaban J connectivity index is 0.00000288. The van der Waals surface area contributed by atoms with Crippen molar-refractivity contribution in [3.05, 3.63) is 54.1 Å². The lowest BCUT2D eigenvalue weighted by atomic mass is 9.94. The van der Waals surface area contributed by atoms with Crippen LogP contribution in [0.1, 0.15) is 37.2 Å². The Bertz CT molecular complexity index is 619. The molecule has 0 aliphatic rings. The Morgan fingerprint density at radius 1 is 1.24 bits per heavy atom. The number of unbranched alkanes of at least 4 members (excludes halogenated alkanes) is 1. The van der Waals surface area contributed by atoms with Crippen molar-refractivity contribution in [2.75, 3.05) is 6.54 Å². The molecule has 0 saturated heterocycles. The van der Waals surface area contributed by atoms with Gasteiger partial charge in [-0.2, -0.15) is 0 Å². The van der Waals surface area contributed by atoms with Crippen LogP contribution in [-0.4, -0.2) is 22.0 Å². The van der Waals surface area contributed by atoms with Gasteiger partial charge in [-0.05, 0) is 25.3 Å². The Morgan fingerprint density at radius 2 is 1.92 bits per heavy atom. The van der Waals surface area contributed by atoms with Crippen LogP contribution >= 0.6 is 24.8 Å². The van der Waals surface area contributed by atoms with Crippen molar-refractivity contribution in [2.24, 2.45) is 11.7 Å². The van der Waals surface area contributed by atoms with Crippen LogP contribution in [0.25, 0.3) is 0 Å². The molecule has 2 atom stereocenters. The minimum Gasteiger partial charge on any atom is -0.356 e. The topological polar surface area (TPSA) is 72.9 Å². The van der Waals surface area contributed by atoms with Crippen molar-refractivity contribution in [1.82, 2.24) is 14.9 Å². The summed E-state index contributed by atoms with van der Waals surface area (Å²) in [4.78, 5) is 16.4. The summed E-state index contributed by atoms with van der Waals surface area (Å²) in [5, 5.41) is 2.98. The predicted molar refractivity (Wildman–Crippen MR) is 106 cm³/mol. The van der Waals surface area contributed by atoms with E-state index in [9.17, 15) is 4.79 Å². The summed E-state index contributed by atoms with van der Waals surface area (Å²) in [6, 6.07) is 9.48. The average molecular weight is 387 g/mol. The molecule has 0 fully saturated rings. The Kier molecular flexibility index (Phi) is 11.2. The van der Waals surface area contributed by atoms with Gasteiger partial charge in [0.1, 0.15) is 5.82 Å². The van der Waals surface area contributed by atoms with E-state index in [1.54, 1.807) is 0 Å². The molecule has 0 aliphatic heterocycles. The van der Waals surface area contributed by atoms with E-state index in [2.05, 4.69) is 14.9 Å². The van der Waals surface area contributed by atoms with Gasteiger partial charge < -0.3 is 15.6 Å². The second-order valence-corrected chi connectivity index (χ2v) is 5.89. The highest BCUT2D eigenvalue weighted by Crippen LogP contribution is 2.18. The maximum absolute atomic E-state index is 12.2. The highest BCUT2D eigenvalue weighted by molar-refractivity contribution is 5.85. The maximum atomic E-state index is 12.2. The van der Waals surface area contributed by atoms with Crippen LogP contribution in [-0.2, 0) is 11.3 Å². The Morgan fingerprint density at radius 3 is 2.52 bits per heavy atom. The summed E-state index contributed by atoms with van der Waals surface area (Å²) < 4.78 is 2.12. The number of hydrogen-bond acceptors (Lipinski definition) is 3. The molecule has 5 nitrogen and oxygen atoms in total. The summed E-state index contributed by atoms with van der Waals surface area (Å²) in [6.07, 6.45) is 5.74. The average Bonchev–Trinajstić information content (AvgIpc) is 2.99. The number of benzene rings is 1. The molecule has 0 radical (unpaired) electrons. The fourth-order valence-corrected chi connectivity index (χ4v) is 2.55. The molecule has 2 aromatic rings. The summed E-state index contributed by atoms with van der Waals surface area (Å²) >= 11 is 0. The van der Waals surface area contributed by atoms with Gasteiger partial charge in [0.15, 0.2) is 0 Å². The molecule has 2 unspecified atom stereocenters. The molecule has 140 valence electrons. The Hall–Kier alpha value is -1.56. The van der Waals surface area contributed by atoms with Gasteiger partial charge in [0.05, 0.1) is 5.92 Å². The van der Waals surface area contributed by atoms with Crippen molar-refractivity contribution in [3.63, 3.8) is 0 Å².